The summed E-state index contributed by atoms with van der Waals surface area (Å²) in [5.41, 5.74) is 2.16. The van der Waals surface area contributed by atoms with Crippen LogP contribution in [0.5, 0.6) is 0 Å². The van der Waals surface area contributed by atoms with Crippen molar-refractivity contribution in [1.82, 2.24) is 5.32 Å². The molecule has 0 aliphatic heterocycles. The second-order valence-electron chi connectivity index (χ2n) is 8.75. The van der Waals surface area contributed by atoms with Gasteiger partial charge in [-0.3, -0.25) is 9.52 Å². The van der Waals surface area contributed by atoms with Crippen LogP contribution in [0.2, 0.25) is 0 Å². The van der Waals surface area contributed by atoms with Gasteiger partial charge >= 0.3 is 0 Å². The molecule has 2 aromatic carbocycles. The molecule has 0 saturated heterocycles. The Morgan fingerprint density at radius 3 is 2.17 bits per heavy atom. The van der Waals surface area contributed by atoms with Gasteiger partial charge in [0.2, 0.25) is 5.91 Å². The zero-order valence-corrected chi connectivity index (χ0v) is 17.8. The van der Waals surface area contributed by atoms with Gasteiger partial charge in [0.1, 0.15) is 0 Å². The SMILES string of the molecule is CC(C)Cc1ccc(S(=O)(=O)Nc2ccc(C3(C(=O)NC4CC4)CC3)cc2)cc1. The topological polar surface area (TPSA) is 75.3 Å². The lowest BCUT2D eigenvalue weighted by molar-refractivity contribution is -0.123. The molecule has 29 heavy (non-hydrogen) atoms. The molecular formula is C23H28N2O3S. The Bertz CT molecular complexity index is 987. The van der Waals surface area contributed by atoms with Gasteiger partial charge in [-0.05, 0) is 73.4 Å². The molecule has 0 atom stereocenters. The third kappa shape index (κ3) is 4.47. The molecule has 0 bridgehead atoms. The number of carbonyl (C=O) groups is 1. The van der Waals surface area contributed by atoms with Gasteiger partial charge in [0, 0.05) is 11.7 Å². The molecule has 2 saturated carbocycles. The van der Waals surface area contributed by atoms with E-state index in [2.05, 4.69) is 23.9 Å². The Hall–Kier alpha value is -2.34. The van der Waals surface area contributed by atoms with Gasteiger partial charge in [-0.15, -0.1) is 0 Å². The molecule has 2 aliphatic carbocycles. The highest BCUT2D eigenvalue weighted by Crippen LogP contribution is 2.49. The number of hydrogen-bond acceptors (Lipinski definition) is 3. The van der Waals surface area contributed by atoms with Crippen LogP contribution >= 0.6 is 0 Å². The Morgan fingerprint density at radius 1 is 1.03 bits per heavy atom. The third-order valence-electron chi connectivity index (χ3n) is 5.66. The van der Waals surface area contributed by atoms with Crippen molar-refractivity contribution < 1.29 is 13.2 Å². The number of amides is 1. The standard InChI is InChI=1S/C23H28N2O3S/c1-16(2)15-17-3-11-21(12-4-17)29(27,28)25-20-7-5-18(6-8-20)23(13-14-23)22(26)24-19-9-10-19/h3-8,11-12,16,19,25H,9-10,13-15H2,1-2H3,(H,24,26). The zero-order chi connectivity index (χ0) is 20.6. The molecule has 0 unspecified atom stereocenters. The first-order valence-electron chi connectivity index (χ1n) is 10.3. The number of nitrogens with one attached hydrogen (secondary N) is 2. The quantitative estimate of drug-likeness (QED) is 0.688. The van der Waals surface area contributed by atoms with E-state index in [1.54, 1.807) is 24.3 Å². The van der Waals surface area contributed by atoms with Crippen LogP contribution in [-0.4, -0.2) is 20.4 Å². The number of benzene rings is 2. The summed E-state index contributed by atoms with van der Waals surface area (Å²) in [4.78, 5) is 12.8. The van der Waals surface area contributed by atoms with Crippen LogP contribution in [0.1, 0.15) is 50.7 Å². The largest absolute Gasteiger partial charge is 0.353 e. The molecule has 0 aromatic heterocycles. The van der Waals surface area contributed by atoms with E-state index in [1.165, 1.54) is 0 Å². The first-order valence-corrected chi connectivity index (χ1v) is 11.8. The van der Waals surface area contributed by atoms with E-state index in [4.69, 9.17) is 0 Å². The summed E-state index contributed by atoms with van der Waals surface area (Å²) in [6.07, 6.45) is 4.76. The van der Waals surface area contributed by atoms with E-state index in [0.717, 1.165) is 43.2 Å². The molecular weight excluding hydrogens is 384 g/mol. The fourth-order valence-electron chi connectivity index (χ4n) is 3.67. The molecule has 1 amide bonds. The van der Waals surface area contributed by atoms with Crippen molar-refractivity contribution in [2.45, 2.75) is 62.3 Å². The van der Waals surface area contributed by atoms with Crippen LogP contribution in [0.25, 0.3) is 0 Å². The van der Waals surface area contributed by atoms with Crippen LogP contribution in [-0.2, 0) is 26.7 Å². The molecule has 2 fully saturated rings. The smallest absolute Gasteiger partial charge is 0.261 e. The van der Waals surface area contributed by atoms with E-state index in [9.17, 15) is 13.2 Å². The van der Waals surface area contributed by atoms with Crippen molar-refractivity contribution in [2.24, 2.45) is 5.92 Å². The molecule has 2 N–H and O–H groups in total. The maximum atomic E-state index is 12.7. The van der Waals surface area contributed by atoms with Crippen molar-refractivity contribution in [3.05, 3.63) is 59.7 Å². The maximum absolute atomic E-state index is 12.7. The van der Waals surface area contributed by atoms with E-state index >= 15 is 0 Å². The van der Waals surface area contributed by atoms with Gasteiger partial charge in [0.15, 0.2) is 0 Å². The Labute approximate surface area is 173 Å². The molecule has 154 valence electrons. The minimum atomic E-state index is -3.64. The lowest BCUT2D eigenvalue weighted by atomic mass is 9.95. The summed E-state index contributed by atoms with van der Waals surface area (Å²) in [7, 11) is -3.64. The van der Waals surface area contributed by atoms with Crippen molar-refractivity contribution in [3.8, 4) is 0 Å². The number of hydrogen-bond donors (Lipinski definition) is 2. The molecule has 4 rings (SSSR count). The van der Waals surface area contributed by atoms with Crippen molar-refractivity contribution >= 4 is 21.6 Å². The first kappa shape index (κ1) is 20.0. The van der Waals surface area contributed by atoms with E-state index in [1.807, 2.05) is 24.3 Å². The molecule has 0 radical (unpaired) electrons. The normalized spacial score (nSPS) is 17.8. The summed E-state index contributed by atoms with van der Waals surface area (Å²) in [6.45, 7) is 4.27. The van der Waals surface area contributed by atoms with Gasteiger partial charge < -0.3 is 5.32 Å². The zero-order valence-electron chi connectivity index (χ0n) is 16.9. The van der Waals surface area contributed by atoms with Gasteiger partial charge in [-0.2, -0.15) is 0 Å². The van der Waals surface area contributed by atoms with Gasteiger partial charge in [0.05, 0.1) is 10.3 Å². The molecule has 0 heterocycles. The number of anilines is 1. The average molecular weight is 413 g/mol. The summed E-state index contributed by atoms with van der Waals surface area (Å²) in [6, 6.07) is 14.6. The van der Waals surface area contributed by atoms with Gasteiger partial charge in [0.25, 0.3) is 10.0 Å². The molecule has 2 aromatic rings. The number of rotatable bonds is 8. The van der Waals surface area contributed by atoms with Crippen LogP contribution < -0.4 is 10.0 Å². The predicted molar refractivity (Wildman–Crippen MR) is 114 cm³/mol. The van der Waals surface area contributed by atoms with Gasteiger partial charge in [-0.25, -0.2) is 8.42 Å². The fraction of sp³-hybridized carbons (Fsp3) is 0.435. The second kappa shape index (κ2) is 7.48. The highest BCUT2D eigenvalue weighted by atomic mass is 32.2. The first-order chi connectivity index (χ1) is 13.8. The molecule has 0 spiro atoms. The maximum Gasteiger partial charge on any atom is 0.261 e. The fourth-order valence-corrected chi connectivity index (χ4v) is 4.73. The summed E-state index contributed by atoms with van der Waals surface area (Å²) in [5.74, 6) is 0.630. The van der Waals surface area contributed by atoms with Crippen molar-refractivity contribution in [3.63, 3.8) is 0 Å². The Balaban J connectivity index is 1.44. The monoisotopic (exact) mass is 412 g/mol. The molecule has 5 nitrogen and oxygen atoms in total. The van der Waals surface area contributed by atoms with Crippen molar-refractivity contribution in [1.29, 1.82) is 0 Å². The minimum absolute atomic E-state index is 0.106. The van der Waals surface area contributed by atoms with E-state index in [-0.39, 0.29) is 10.8 Å². The number of carbonyl (C=O) groups excluding carboxylic acids is 1. The lowest BCUT2D eigenvalue weighted by Crippen LogP contribution is -2.36. The van der Waals surface area contributed by atoms with E-state index in [0.29, 0.717) is 17.6 Å². The lowest BCUT2D eigenvalue weighted by Gasteiger charge is -2.16. The van der Waals surface area contributed by atoms with E-state index < -0.39 is 15.4 Å². The predicted octanol–water partition coefficient (Wildman–Crippen LogP) is 4.00. The van der Waals surface area contributed by atoms with Crippen LogP contribution in [0.15, 0.2) is 53.4 Å². The average Bonchev–Trinajstić information content (AvgIpc) is 3.57. The minimum Gasteiger partial charge on any atom is -0.353 e. The Morgan fingerprint density at radius 2 is 1.66 bits per heavy atom. The summed E-state index contributed by atoms with van der Waals surface area (Å²) < 4.78 is 28.0. The molecule has 2 aliphatic rings. The Kier molecular flexibility index (Phi) is 5.15. The summed E-state index contributed by atoms with van der Waals surface area (Å²) in [5, 5.41) is 3.10. The van der Waals surface area contributed by atoms with Crippen LogP contribution in [0, 0.1) is 5.92 Å². The molecule has 6 heteroatoms. The highest BCUT2D eigenvalue weighted by molar-refractivity contribution is 7.92. The van der Waals surface area contributed by atoms with Gasteiger partial charge in [-0.1, -0.05) is 38.1 Å². The second-order valence-corrected chi connectivity index (χ2v) is 10.4. The number of sulfonamides is 1. The highest BCUT2D eigenvalue weighted by Gasteiger charge is 2.52. The van der Waals surface area contributed by atoms with Crippen LogP contribution in [0.3, 0.4) is 0 Å². The van der Waals surface area contributed by atoms with Crippen molar-refractivity contribution in [2.75, 3.05) is 4.72 Å². The third-order valence-corrected chi connectivity index (χ3v) is 7.06. The summed E-state index contributed by atoms with van der Waals surface area (Å²) >= 11 is 0. The van der Waals surface area contributed by atoms with Crippen LogP contribution in [0.4, 0.5) is 5.69 Å².